The molecule has 1 aromatic heterocycles. The second kappa shape index (κ2) is 7.57. The van der Waals surface area contributed by atoms with Crippen LogP contribution in [0.15, 0.2) is 57.7 Å². The molecule has 0 aliphatic carbocycles. The van der Waals surface area contributed by atoms with E-state index in [1.807, 2.05) is 6.07 Å². The number of aromatic hydroxyl groups is 1. The maximum absolute atomic E-state index is 12.0. The van der Waals surface area contributed by atoms with Crippen molar-refractivity contribution in [2.24, 2.45) is 5.92 Å². The maximum atomic E-state index is 12.0. The third kappa shape index (κ3) is 3.91. The van der Waals surface area contributed by atoms with E-state index in [1.165, 1.54) is 23.3 Å². The molecule has 4 rings (SSSR count). The minimum absolute atomic E-state index is 0.164. The molecule has 1 aliphatic heterocycles. The van der Waals surface area contributed by atoms with Crippen molar-refractivity contribution in [3.63, 3.8) is 0 Å². The van der Waals surface area contributed by atoms with Gasteiger partial charge in [-0.2, -0.15) is 0 Å². The molecule has 0 saturated carbocycles. The van der Waals surface area contributed by atoms with E-state index < -0.39 is 0 Å². The predicted molar refractivity (Wildman–Crippen MR) is 106 cm³/mol. The highest BCUT2D eigenvalue weighted by Gasteiger charge is 2.23. The number of hydrogen-bond donors (Lipinski definition) is 2. The van der Waals surface area contributed by atoms with Crippen molar-refractivity contribution in [1.82, 2.24) is 0 Å². The lowest BCUT2D eigenvalue weighted by Gasteiger charge is -2.29. The van der Waals surface area contributed by atoms with E-state index in [0.29, 0.717) is 11.1 Å². The SMILES string of the molecule is Cc1c(O)ccc2c(C[NH+]3CCC(Cc4ccccc4)CC3)cc(=O)oc12. The van der Waals surface area contributed by atoms with Gasteiger partial charge in [-0.15, -0.1) is 0 Å². The van der Waals surface area contributed by atoms with Crippen LogP contribution in [-0.2, 0) is 13.0 Å². The Balaban J connectivity index is 1.46. The van der Waals surface area contributed by atoms with Gasteiger partial charge in [0, 0.05) is 22.6 Å². The molecule has 2 heterocycles. The van der Waals surface area contributed by atoms with Crippen LogP contribution in [-0.4, -0.2) is 18.2 Å². The second-order valence-electron chi connectivity index (χ2n) is 7.74. The van der Waals surface area contributed by atoms with Crippen molar-refractivity contribution >= 4 is 11.0 Å². The molecule has 0 radical (unpaired) electrons. The summed E-state index contributed by atoms with van der Waals surface area (Å²) in [4.78, 5) is 13.5. The monoisotopic (exact) mass is 364 g/mol. The van der Waals surface area contributed by atoms with Crippen molar-refractivity contribution in [3.05, 3.63) is 75.6 Å². The largest absolute Gasteiger partial charge is 0.508 e. The first-order chi connectivity index (χ1) is 13.1. The summed E-state index contributed by atoms with van der Waals surface area (Å²) in [5.74, 6) is 0.907. The molecule has 0 atom stereocenters. The number of likely N-dealkylation sites (tertiary alicyclic amines) is 1. The van der Waals surface area contributed by atoms with Gasteiger partial charge in [-0.05, 0) is 49.8 Å². The summed E-state index contributed by atoms with van der Waals surface area (Å²) in [7, 11) is 0. The average molecular weight is 364 g/mol. The minimum Gasteiger partial charge on any atom is -0.508 e. The molecule has 0 spiro atoms. The van der Waals surface area contributed by atoms with E-state index in [0.717, 1.165) is 42.9 Å². The molecule has 4 heteroatoms. The van der Waals surface area contributed by atoms with Gasteiger partial charge >= 0.3 is 5.63 Å². The zero-order valence-corrected chi connectivity index (χ0v) is 15.7. The minimum atomic E-state index is -0.343. The quantitative estimate of drug-likeness (QED) is 0.700. The van der Waals surface area contributed by atoms with E-state index in [-0.39, 0.29) is 11.4 Å². The Labute approximate surface area is 159 Å². The molecule has 1 aliphatic rings. The summed E-state index contributed by atoms with van der Waals surface area (Å²) >= 11 is 0. The highest BCUT2D eigenvalue weighted by molar-refractivity contribution is 5.84. The zero-order valence-electron chi connectivity index (χ0n) is 15.7. The Morgan fingerprint density at radius 1 is 1.11 bits per heavy atom. The van der Waals surface area contributed by atoms with Crippen molar-refractivity contribution < 1.29 is 14.4 Å². The fourth-order valence-electron chi connectivity index (χ4n) is 4.25. The number of benzene rings is 2. The first kappa shape index (κ1) is 17.8. The predicted octanol–water partition coefficient (Wildman–Crippen LogP) is 2.84. The topological polar surface area (TPSA) is 54.9 Å². The Bertz CT molecular complexity index is 986. The molecular formula is C23H26NO3+. The van der Waals surface area contributed by atoms with Gasteiger partial charge in [0.25, 0.3) is 0 Å². The molecule has 4 nitrogen and oxygen atoms in total. The first-order valence-corrected chi connectivity index (χ1v) is 9.73. The lowest BCUT2D eigenvalue weighted by atomic mass is 9.90. The summed E-state index contributed by atoms with van der Waals surface area (Å²) in [6.45, 7) is 4.85. The molecule has 0 amide bonds. The number of phenols is 1. The Hall–Kier alpha value is -2.59. The number of phenolic OH excluding ortho intramolecular Hbond substituents is 1. The van der Waals surface area contributed by atoms with E-state index in [9.17, 15) is 9.90 Å². The van der Waals surface area contributed by atoms with Crippen LogP contribution in [0.2, 0.25) is 0 Å². The second-order valence-corrected chi connectivity index (χ2v) is 7.74. The van der Waals surface area contributed by atoms with Crippen LogP contribution in [0.5, 0.6) is 5.75 Å². The van der Waals surface area contributed by atoms with Crippen LogP contribution in [0.3, 0.4) is 0 Å². The molecule has 0 unspecified atom stereocenters. The van der Waals surface area contributed by atoms with Crippen molar-refractivity contribution in [2.75, 3.05) is 13.1 Å². The standard InChI is InChI=1S/C23H25NO3/c1-16-21(25)8-7-20-19(14-22(26)27-23(16)20)15-24-11-9-18(10-12-24)13-17-5-3-2-4-6-17/h2-8,14,18,25H,9-13,15H2,1H3/p+1. The highest BCUT2D eigenvalue weighted by atomic mass is 16.4. The summed E-state index contributed by atoms with van der Waals surface area (Å²) in [6.07, 6.45) is 3.58. The first-order valence-electron chi connectivity index (χ1n) is 9.73. The summed E-state index contributed by atoms with van der Waals surface area (Å²) in [6, 6.07) is 15.9. The molecule has 0 bridgehead atoms. The van der Waals surface area contributed by atoms with Crippen LogP contribution in [0.25, 0.3) is 11.0 Å². The Morgan fingerprint density at radius 3 is 2.59 bits per heavy atom. The van der Waals surface area contributed by atoms with Gasteiger partial charge in [-0.25, -0.2) is 4.79 Å². The third-order valence-electron chi connectivity index (χ3n) is 5.84. The summed E-state index contributed by atoms with van der Waals surface area (Å²) < 4.78 is 5.36. The number of rotatable bonds is 4. The fraction of sp³-hybridized carbons (Fsp3) is 0.348. The van der Waals surface area contributed by atoms with Crippen LogP contribution >= 0.6 is 0 Å². The van der Waals surface area contributed by atoms with Gasteiger partial charge in [0.05, 0.1) is 13.1 Å². The highest BCUT2D eigenvalue weighted by Crippen LogP contribution is 2.27. The molecule has 2 aromatic carbocycles. The molecule has 27 heavy (non-hydrogen) atoms. The number of quaternary nitrogens is 1. The zero-order chi connectivity index (χ0) is 18.8. The summed E-state index contributed by atoms with van der Waals surface area (Å²) in [5, 5.41) is 10.8. The molecule has 3 aromatic rings. The van der Waals surface area contributed by atoms with Crippen molar-refractivity contribution in [3.8, 4) is 5.75 Å². The van der Waals surface area contributed by atoms with Gasteiger partial charge < -0.3 is 14.4 Å². The lowest BCUT2D eigenvalue weighted by Crippen LogP contribution is -3.11. The molecule has 140 valence electrons. The van der Waals surface area contributed by atoms with Gasteiger partial charge in [0.2, 0.25) is 0 Å². The van der Waals surface area contributed by atoms with Crippen LogP contribution < -0.4 is 10.5 Å². The van der Waals surface area contributed by atoms with E-state index >= 15 is 0 Å². The number of fused-ring (bicyclic) bond motifs is 1. The number of hydrogen-bond acceptors (Lipinski definition) is 3. The average Bonchev–Trinajstić information content (AvgIpc) is 2.67. The molecule has 1 saturated heterocycles. The molecule has 2 N–H and O–H groups in total. The Kier molecular flexibility index (Phi) is 4.99. The van der Waals surface area contributed by atoms with E-state index in [1.54, 1.807) is 19.1 Å². The van der Waals surface area contributed by atoms with Crippen molar-refractivity contribution in [2.45, 2.75) is 32.7 Å². The fourth-order valence-corrected chi connectivity index (χ4v) is 4.25. The van der Waals surface area contributed by atoms with Crippen LogP contribution in [0, 0.1) is 12.8 Å². The van der Waals surface area contributed by atoms with Crippen molar-refractivity contribution in [1.29, 1.82) is 0 Å². The van der Waals surface area contributed by atoms with Crippen LogP contribution in [0.1, 0.15) is 29.5 Å². The Morgan fingerprint density at radius 2 is 1.85 bits per heavy atom. The van der Waals surface area contributed by atoms with Gasteiger partial charge in [0.1, 0.15) is 17.9 Å². The summed E-state index contributed by atoms with van der Waals surface area (Å²) in [5.41, 5.74) is 3.23. The number of aryl methyl sites for hydroxylation is 1. The number of nitrogens with one attached hydrogen (secondary N) is 1. The maximum Gasteiger partial charge on any atom is 0.336 e. The lowest BCUT2D eigenvalue weighted by molar-refractivity contribution is -0.919. The molecular weight excluding hydrogens is 338 g/mol. The van der Waals surface area contributed by atoms with Gasteiger partial charge in [0.15, 0.2) is 0 Å². The van der Waals surface area contributed by atoms with E-state index in [2.05, 4.69) is 30.3 Å². The van der Waals surface area contributed by atoms with Gasteiger partial charge in [-0.1, -0.05) is 30.3 Å². The normalized spacial score (nSPS) is 20.0. The van der Waals surface area contributed by atoms with Crippen LogP contribution in [0.4, 0.5) is 0 Å². The third-order valence-corrected chi connectivity index (χ3v) is 5.84. The smallest absolute Gasteiger partial charge is 0.336 e. The number of piperidine rings is 1. The molecule has 1 fully saturated rings. The van der Waals surface area contributed by atoms with E-state index in [4.69, 9.17) is 4.42 Å². The van der Waals surface area contributed by atoms with Gasteiger partial charge in [-0.3, -0.25) is 0 Å².